The van der Waals surface area contributed by atoms with Gasteiger partial charge in [0.2, 0.25) is 0 Å². The van der Waals surface area contributed by atoms with E-state index >= 15 is 0 Å². The number of phosphoric acid groups is 2. The molecule has 0 aliphatic rings. The first-order chi connectivity index (χ1) is 52.4. The van der Waals surface area contributed by atoms with E-state index in [1.54, 1.807) is 0 Å². The summed E-state index contributed by atoms with van der Waals surface area (Å²) in [6, 6.07) is 0. The molecule has 17 nitrogen and oxygen atoms in total. The van der Waals surface area contributed by atoms with Gasteiger partial charge in [0.1, 0.15) is 19.3 Å². The Morgan fingerprint density at radius 3 is 0.630 bits per heavy atom. The minimum Gasteiger partial charge on any atom is -0.462 e. The van der Waals surface area contributed by atoms with Crippen LogP contribution in [0.4, 0.5) is 0 Å². The molecule has 0 aliphatic heterocycles. The highest BCUT2D eigenvalue weighted by Gasteiger charge is 2.31. The van der Waals surface area contributed by atoms with Crippen molar-refractivity contribution >= 4 is 39.5 Å². The Kier molecular flexibility index (Phi) is 78.8. The van der Waals surface area contributed by atoms with Gasteiger partial charge in [-0.05, 0) is 37.5 Å². The molecule has 0 fully saturated rings. The molecule has 19 heteroatoms. The molecule has 0 aromatic carbocycles. The smallest absolute Gasteiger partial charge is 0.462 e. The van der Waals surface area contributed by atoms with Gasteiger partial charge in [0, 0.05) is 25.7 Å². The minimum absolute atomic E-state index is 0.108. The molecular weight excluding hydrogens is 1400 g/mol. The molecule has 0 bridgehead atoms. The van der Waals surface area contributed by atoms with E-state index in [1.807, 2.05) is 0 Å². The third kappa shape index (κ3) is 82.1. The molecule has 0 aliphatic carbocycles. The summed E-state index contributed by atoms with van der Waals surface area (Å²) < 4.78 is 69.0. The van der Waals surface area contributed by atoms with Gasteiger partial charge in [0.05, 0.1) is 26.4 Å². The van der Waals surface area contributed by atoms with E-state index in [0.717, 1.165) is 102 Å². The molecule has 0 heterocycles. The number of hydrogen-bond acceptors (Lipinski definition) is 15. The number of esters is 4. The SMILES string of the molecule is CCCCCCCCCCCCCCCCCCCCCCC(=O)O[C@H](COC(=O)CCCCCCCCCCCCCCCCCC(C)C)COP(=O)(O)OC[C@@H](O)COP(=O)(O)OC[C@@H](COC(=O)CCCCCCCCCCCCCCC)OC(=O)CCCCCCCCCCCCCCCCC(C)C. The number of hydrogen-bond donors (Lipinski definition) is 3. The van der Waals surface area contributed by atoms with Crippen molar-refractivity contribution in [1.29, 1.82) is 0 Å². The van der Waals surface area contributed by atoms with Crippen molar-refractivity contribution in [3.05, 3.63) is 0 Å². The summed E-state index contributed by atoms with van der Waals surface area (Å²) in [6.45, 7) is 9.75. The molecule has 642 valence electrons. The number of aliphatic hydroxyl groups excluding tert-OH is 1. The maximum Gasteiger partial charge on any atom is 0.472 e. The van der Waals surface area contributed by atoms with Crippen LogP contribution in [-0.4, -0.2) is 96.7 Å². The Labute approximate surface area is 664 Å². The van der Waals surface area contributed by atoms with Crippen molar-refractivity contribution < 1.29 is 80.2 Å². The fourth-order valence-electron chi connectivity index (χ4n) is 14.0. The number of aliphatic hydroxyl groups is 1. The van der Waals surface area contributed by atoms with Gasteiger partial charge in [-0.2, -0.15) is 0 Å². The van der Waals surface area contributed by atoms with Gasteiger partial charge in [-0.25, -0.2) is 9.13 Å². The third-order valence-corrected chi connectivity index (χ3v) is 22.9. The Morgan fingerprint density at radius 2 is 0.426 bits per heavy atom. The van der Waals surface area contributed by atoms with E-state index in [9.17, 15) is 43.2 Å². The fraction of sp³-hybridized carbons (Fsp3) is 0.955. The number of unbranched alkanes of at least 4 members (excludes halogenated alkanes) is 58. The molecule has 0 spiro atoms. The summed E-state index contributed by atoms with van der Waals surface area (Å²) in [7, 11) is -9.93. The van der Waals surface area contributed by atoms with Gasteiger partial charge < -0.3 is 33.8 Å². The van der Waals surface area contributed by atoms with E-state index in [2.05, 4.69) is 41.5 Å². The molecule has 0 amide bonds. The van der Waals surface area contributed by atoms with Crippen molar-refractivity contribution in [3.8, 4) is 0 Å². The molecular formula is C89H174O17P2. The molecule has 0 aromatic rings. The summed E-state index contributed by atoms with van der Waals surface area (Å²) in [6.07, 6.45) is 73.5. The molecule has 2 unspecified atom stereocenters. The van der Waals surface area contributed by atoms with Crippen LogP contribution in [0.15, 0.2) is 0 Å². The molecule has 5 atom stereocenters. The average molecular weight is 1580 g/mol. The molecule has 0 saturated carbocycles. The molecule has 108 heavy (non-hydrogen) atoms. The van der Waals surface area contributed by atoms with E-state index in [1.165, 1.54) is 295 Å². The first-order valence-corrected chi connectivity index (χ1v) is 49.0. The van der Waals surface area contributed by atoms with Gasteiger partial charge in [-0.3, -0.25) is 37.3 Å². The van der Waals surface area contributed by atoms with Crippen LogP contribution in [-0.2, 0) is 65.4 Å². The summed E-state index contributed by atoms with van der Waals surface area (Å²) >= 11 is 0. The van der Waals surface area contributed by atoms with Crippen molar-refractivity contribution in [3.63, 3.8) is 0 Å². The van der Waals surface area contributed by atoms with Gasteiger partial charge in [-0.15, -0.1) is 0 Å². The summed E-state index contributed by atoms with van der Waals surface area (Å²) in [5.41, 5.74) is 0. The maximum atomic E-state index is 13.2. The van der Waals surface area contributed by atoms with E-state index in [4.69, 9.17) is 37.0 Å². The monoisotopic (exact) mass is 1580 g/mol. The topological polar surface area (TPSA) is 237 Å². The van der Waals surface area contributed by atoms with Crippen molar-refractivity contribution in [2.24, 2.45) is 11.8 Å². The number of carbonyl (C=O) groups is 4. The number of carbonyl (C=O) groups excluding carboxylic acids is 4. The highest BCUT2D eigenvalue weighted by Crippen LogP contribution is 2.45. The predicted octanol–water partition coefficient (Wildman–Crippen LogP) is 27.4. The minimum atomic E-state index is -4.97. The van der Waals surface area contributed by atoms with Crippen LogP contribution in [0.25, 0.3) is 0 Å². The fourth-order valence-corrected chi connectivity index (χ4v) is 15.5. The Hall–Kier alpha value is -1.94. The summed E-state index contributed by atoms with van der Waals surface area (Å²) in [5.74, 6) is -0.494. The van der Waals surface area contributed by atoms with Crippen LogP contribution >= 0.6 is 15.6 Å². The highest BCUT2D eigenvalue weighted by atomic mass is 31.2. The molecule has 0 saturated heterocycles. The number of ether oxygens (including phenoxy) is 4. The zero-order chi connectivity index (χ0) is 79.2. The maximum absolute atomic E-state index is 13.2. The van der Waals surface area contributed by atoms with Crippen LogP contribution in [0.3, 0.4) is 0 Å². The normalized spacial score (nSPS) is 13.8. The van der Waals surface area contributed by atoms with Crippen LogP contribution in [0.1, 0.15) is 478 Å². The van der Waals surface area contributed by atoms with Crippen LogP contribution in [0.5, 0.6) is 0 Å². The molecule has 0 aromatic heterocycles. The first kappa shape index (κ1) is 106. The standard InChI is InChI=1S/C89H174O17P2/c1-7-9-11-13-15-17-19-21-22-23-24-25-26-29-37-43-49-55-61-67-73-88(93)105-85(78-100-87(92)72-66-60-54-48-42-36-30-27-28-34-39-45-51-57-63-69-81(3)4)80-104-108(97,98)102-76-83(90)75-101-107(95,96)103-79-84(77-99-86(91)71-65-59-53-47-41-33-20-18-16-14-12-10-8-2)106-89(94)74-68-62-56-50-44-38-32-31-35-40-46-52-58-64-70-82(5)6/h81-85,90H,7-80H2,1-6H3,(H,95,96)(H,97,98)/t83-,84+,85+/m0/s1. The van der Waals surface area contributed by atoms with Gasteiger partial charge in [-0.1, -0.05) is 427 Å². The van der Waals surface area contributed by atoms with E-state index in [0.29, 0.717) is 25.7 Å². The highest BCUT2D eigenvalue weighted by molar-refractivity contribution is 7.47. The predicted molar refractivity (Wildman–Crippen MR) is 446 cm³/mol. The lowest BCUT2D eigenvalue weighted by atomic mass is 10.0. The largest absolute Gasteiger partial charge is 0.472 e. The average Bonchev–Trinajstić information content (AvgIpc) is 0.897. The first-order valence-electron chi connectivity index (χ1n) is 46.0. The third-order valence-electron chi connectivity index (χ3n) is 21.0. The van der Waals surface area contributed by atoms with E-state index < -0.39 is 97.5 Å². The summed E-state index contributed by atoms with van der Waals surface area (Å²) in [4.78, 5) is 73.4. The molecule has 0 radical (unpaired) electrons. The second-order valence-electron chi connectivity index (χ2n) is 32.9. The number of rotatable bonds is 88. The summed E-state index contributed by atoms with van der Waals surface area (Å²) in [5, 5.41) is 10.7. The van der Waals surface area contributed by atoms with Crippen molar-refractivity contribution in [1.82, 2.24) is 0 Å². The lowest BCUT2D eigenvalue weighted by Gasteiger charge is -2.21. The number of phosphoric ester groups is 2. The van der Waals surface area contributed by atoms with Gasteiger partial charge >= 0.3 is 39.5 Å². The zero-order valence-electron chi connectivity index (χ0n) is 71.2. The lowest BCUT2D eigenvalue weighted by Crippen LogP contribution is -2.30. The van der Waals surface area contributed by atoms with Gasteiger partial charge in [0.25, 0.3) is 0 Å². The van der Waals surface area contributed by atoms with Crippen LogP contribution in [0.2, 0.25) is 0 Å². The Bertz CT molecular complexity index is 2060. The van der Waals surface area contributed by atoms with Crippen molar-refractivity contribution in [2.75, 3.05) is 39.6 Å². The Balaban J connectivity index is 5.26. The molecule has 0 rings (SSSR count). The second-order valence-corrected chi connectivity index (χ2v) is 35.8. The Morgan fingerprint density at radius 1 is 0.250 bits per heavy atom. The van der Waals surface area contributed by atoms with Crippen LogP contribution < -0.4 is 0 Å². The van der Waals surface area contributed by atoms with Crippen LogP contribution in [0, 0.1) is 11.8 Å². The second kappa shape index (κ2) is 80.3. The van der Waals surface area contributed by atoms with Gasteiger partial charge in [0.15, 0.2) is 12.2 Å². The quantitative estimate of drug-likeness (QED) is 0.0222. The molecule has 3 N–H and O–H groups in total. The van der Waals surface area contributed by atoms with E-state index in [-0.39, 0.29) is 25.7 Å². The zero-order valence-corrected chi connectivity index (χ0v) is 73.0. The lowest BCUT2D eigenvalue weighted by molar-refractivity contribution is -0.161. The van der Waals surface area contributed by atoms with Crippen molar-refractivity contribution in [2.45, 2.75) is 496 Å².